The largest absolute Gasteiger partial charge is 0.253 e. The molecule has 0 aromatic heterocycles. The van der Waals surface area contributed by atoms with Crippen molar-refractivity contribution in [3.63, 3.8) is 0 Å². The minimum Gasteiger partial charge on any atom is -0.253 e. The molecule has 1 aromatic rings. The molecule has 1 heteroatoms. The lowest BCUT2D eigenvalue weighted by Gasteiger charge is -2.08. The number of aryl methyl sites for hydroxylation is 1. The van der Waals surface area contributed by atoms with E-state index in [2.05, 4.69) is 84.2 Å². The summed E-state index contributed by atoms with van der Waals surface area (Å²) in [5.74, 6) is 0. The van der Waals surface area contributed by atoms with E-state index in [4.69, 9.17) is 4.99 Å². The van der Waals surface area contributed by atoms with Crippen molar-refractivity contribution < 1.29 is 0 Å². The lowest BCUT2D eigenvalue weighted by atomic mass is 10.0. The molecular weight excluding hydrogens is 302 g/mol. The van der Waals surface area contributed by atoms with Gasteiger partial charge in [0.2, 0.25) is 0 Å². The lowest BCUT2D eigenvalue weighted by Crippen LogP contribution is -1.95. The Hall–Kier alpha value is -2.41. The summed E-state index contributed by atoms with van der Waals surface area (Å²) in [4.78, 5) is 4.84. The van der Waals surface area contributed by atoms with Gasteiger partial charge in [0.25, 0.3) is 0 Å². The van der Waals surface area contributed by atoms with Gasteiger partial charge >= 0.3 is 0 Å². The van der Waals surface area contributed by atoms with Gasteiger partial charge in [-0.15, -0.1) is 0 Å². The normalized spacial score (nSPS) is 12.8. The number of aliphatic imine (C=N–C) groups is 1. The average Bonchev–Trinajstić information content (AvgIpc) is 2.52. The van der Waals surface area contributed by atoms with Crippen molar-refractivity contribution in [1.82, 2.24) is 0 Å². The summed E-state index contributed by atoms with van der Waals surface area (Å²) in [7, 11) is 0. The standard InChI is InChI=1S/C24H31N/c1-16(2)10-12-22(17(3)4)14-20(8)21(9)25-24-15-23(18(5)6)13-11-19(24)7/h10-15H,3,5H2,1-2,4,6-9H3/b20-14+,22-12-,25-21?. The molecule has 0 N–H and O–H groups in total. The van der Waals surface area contributed by atoms with Crippen LogP contribution in [0.5, 0.6) is 0 Å². The molecule has 0 amide bonds. The van der Waals surface area contributed by atoms with Crippen LogP contribution in [0.2, 0.25) is 0 Å². The van der Waals surface area contributed by atoms with Crippen molar-refractivity contribution >= 4 is 17.0 Å². The third-order valence-electron chi connectivity index (χ3n) is 4.02. The molecule has 0 aliphatic rings. The fourth-order valence-electron chi connectivity index (χ4n) is 2.17. The zero-order valence-electron chi connectivity index (χ0n) is 16.8. The van der Waals surface area contributed by atoms with Crippen molar-refractivity contribution in [2.45, 2.75) is 48.5 Å². The molecule has 1 rings (SSSR count). The molecule has 0 spiro atoms. The highest BCUT2D eigenvalue weighted by molar-refractivity contribution is 6.00. The molecule has 0 saturated carbocycles. The lowest BCUT2D eigenvalue weighted by molar-refractivity contribution is 1.35. The van der Waals surface area contributed by atoms with Crippen molar-refractivity contribution in [1.29, 1.82) is 0 Å². The second-order valence-electron chi connectivity index (χ2n) is 6.95. The van der Waals surface area contributed by atoms with Gasteiger partial charge in [-0.25, -0.2) is 0 Å². The van der Waals surface area contributed by atoms with Crippen molar-refractivity contribution in [3.05, 3.63) is 83.0 Å². The van der Waals surface area contributed by atoms with Gasteiger partial charge in [0, 0.05) is 5.71 Å². The van der Waals surface area contributed by atoms with E-state index < -0.39 is 0 Å². The maximum absolute atomic E-state index is 4.84. The van der Waals surface area contributed by atoms with Crippen LogP contribution in [-0.4, -0.2) is 5.71 Å². The minimum absolute atomic E-state index is 0.996. The Morgan fingerprint density at radius 2 is 1.60 bits per heavy atom. The third-order valence-corrected chi connectivity index (χ3v) is 4.02. The fourth-order valence-corrected chi connectivity index (χ4v) is 2.17. The first-order valence-electron chi connectivity index (χ1n) is 8.63. The molecule has 0 atom stereocenters. The first-order chi connectivity index (χ1) is 11.6. The third kappa shape index (κ3) is 6.54. The maximum atomic E-state index is 4.84. The molecule has 0 heterocycles. The molecule has 0 radical (unpaired) electrons. The molecular formula is C24H31N. The Morgan fingerprint density at radius 3 is 2.12 bits per heavy atom. The molecule has 0 aliphatic carbocycles. The monoisotopic (exact) mass is 333 g/mol. The average molecular weight is 334 g/mol. The summed E-state index contributed by atoms with van der Waals surface area (Å²) in [6, 6.07) is 6.30. The predicted octanol–water partition coefficient (Wildman–Crippen LogP) is 7.54. The number of rotatable bonds is 6. The van der Waals surface area contributed by atoms with E-state index in [0.717, 1.165) is 44.8 Å². The van der Waals surface area contributed by atoms with Gasteiger partial charge in [0.05, 0.1) is 5.69 Å². The Bertz CT molecular complexity index is 791. The SMILES string of the molecule is C=C(C)C(=C\C=C(C)C)/C=C(\C)C(C)=Nc1cc(C(=C)C)ccc1C. The molecule has 25 heavy (non-hydrogen) atoms. The zero-order chi connectivity index (χ0) is 19.1. The molecule has 0 saturated heterocycles. The number of hydrogen-bond acceptors (Lipinski definition) is 1. The Labute approximate surface area is 153 Å². The summed E-state index contributed by atoms with van der Waals surface area (Å²) in [5.41, 5.74) is 9.92. The van der Waals surface area contributed by atoms with E-state index in [1.54, 1.807) is 0 Å². The quantitative estimate of drug-likeness (QED) is 0.377. The summed E-state index contributed by atoms with van der Waals surface area (Å²) in [6.07, 6.45) is 6.38. The minimum atomic E-state index is 0.996. The number of allylic oxidation sites excluding steroid dienone is 8. The van der Waals surface area contributed by atoms with Crippen LogP contribution >= 0.6 is 0 Å². The van der Waals surface area contributed by atoms with E-state index in [1.807, 2.05) is 13.8 Å². The molecule has 132 valence electrons. The molecule has 1 nitrogen and oxygen atoms in total. The van der Waals surface area contributed by atoms with Gasteiger partial charge in [-0.3, -0.25) is 4.99 Å². The van der Waals surface area contributed by atoms with Crippen LogP contribution in [-0.2, 0) is 0 Å². The fraction of sp³-hybridized carbons (Fsp3) is 0.292. The number of hydrogen-bond donors (Lipinski definition) is 0. The van der Waals surface area contributed by atoms with Gasteiger partial charge in [-0.2, -0.15) is 0 Å². The van der Waals surface area contributed by atoms with Gasteiger partial charge in [-0.05, 0) is 82.9 Å². The van der Waals surface area contributed by atoms with Gasteiger partial charge < -0.3 is 0 Å². The van der Waals surface area contributed by atoms with E-state index in [1.165, 1.54) is 5.57 Å². The Kier molecular flexibility index (Phi) is 7.57. The van der Waals surface area contributed by atoms with E-state index in [0.29, 0.717) is 0 Å². The number of benzene rings is 1. The zero-order valence-corrected chi connectivity index (χ0v) is 16.8. The maximum Gasteiger partial charge on any atom is 0.0668 e. The van der Waals surface area contributed by atoms with Crippen LogP contribution in [0.15, 0.2) is 76.9 Å². The summed E-state index contributed by atoms with van der Waals surface area (Å²) in [5, 5.41) is 0. The van der Waals surface area contributed by atoms with E-state index >= 15 is 0 Å². The molecule has 0 unspecified atom stereocenters. The van der Waals surface area contributed by atoms with E-state index in [9.17, 15) is 0 Å². The predicted molar refractivity (Wildman–Crippen MR) is 115 cm³/mol. The second-order valence-corrected chi connectivity index (χ2v) is 6.95. The summed E-state index contributed by atoms with van der Waals surface area (Å²) >= 11 is 0. The van der Waals surface area contributed by atoms with Gasteiger partial charge in [-0.1, -0.05) is 54.2 Å². The van der Waals surface area contributed by atoms with Crippen LogP contribution in [0.1, 0.15) is 52.7 Å². The van der Waals surface area contributed by atoms with Crippen molar-refractivity contribution in [2.24, 2.45) is 4.99 Å². The van der Waals surface area contributed by atoms with Crippen LogP contribution in [0, 0.1) is 6.92 Å². The highest BCUT2D eigenvalue weighted by Gasteiger charge is 2.03. The van der Waals surface area contributed by atoms with Gasteiger partial charge in [0.15, 0.2) is 0 Å². The highest BCUT2D eigenvalue weighted by Crippen LogP contribution is 2.25. The number of nitrogens with zero attached hydrogens (tertiary/aromatic N) is 1. The summed E-state index contributed by atoms with van der Waals surface area (Å²) < 4.78 is 0. The molecule has 0 aliphatic heterocycles. The molecule has 0 bridgehead atoms. The van der Waals surface area contributed by atoms with Crippen molar-refractivity contribution in [2.75, 3.05) is 0 Å². The van der Waals surface area contributed by atoms with Gasteiger partial charge in [0.1, 0.15) is 0 Å². The first-order valence-corrected chi connectivity index (χ1v) is 8.63. The van der Waals surface area contributed by atoms with Crippen LogP contribution in [0.4, 0.5) is 5.69 Å². The Morgan fingerprint density at radius 1 is 0.960 bits per heavy atom. The summed E-state index contributed by atoms with van der Waals surface area (Å²) in [6.45, 7) is 22.6. The van der Waals surface area contributed by atoms with Crippen LogP contribution < -0.4 is 0 Å². The van der Waals surface area contributed by atoms with E-state index in [-0.39, 0.29) is 0 Å². The topological polar surface area (TPSA) is 12.4 Å². The molecule has 1 aromatic carbocycles. The molecule has 0 fully saturated rings. The van der Waals surface area contributed by atoms with Crippen LogP contribution in [0.3, 0.4) is 0 Å². The Balaban J connectivity index is 3.26. The van der Waals surface area contributed by atoms with Crippen molar-refractivity contribution in [3.8, 4) is 0 Å². The highest BCUT2D eigenvalue weighted by atomic mass is 14.7. The second kappa shape index (κ2) is 9.17. The van der Waals surface area contributed by atoms with Crippen LogP contribution in [0.25, 0.3) is 5.57 Å². The smallest absolute Gasteiger partial charge is 0.0668 e. The first kappa shape index (κ1) is 20.6.